The zero-order valence-corrected chi connectivity index (χ0v) is 16.0. The van der Waals surface area contributed by atoms with Crippen molar-refractivity contribution >= 4 is 5.52 Å². The number of hydrogen-bond donors (Lipinski definition) is 1. The molecule has 0 amide bonds. The number of aliphatic hydroxyl groups excluding tert-OH is 1. The Morgan fingerprint density at radius 1 is 0.862 bits per heavy atom. The molecule has 2 fully saturated rings. The van der Waals surface area contributed by atoms with Gasteiger partial charge in [0.15, 0.2) is 17.5 Å². The molecule has 152 valence electrons. The highest BCUT2D eigenvalue weighted by Gasteiger charge is 2.35. The van der Waals surface area contributed by atoms with Crippen molar-refractivity contribution in [2.75, 3.05) is 0 Å². The number of fused-ring (bicyclic) bond motifs is 1. The van der Waals surface area contributed by atoms with E-state index in [2.05, 4.69) is 11.1 Å². The lowest BCUT2D eigenvalue weighted by molar-refractivity contribution is 0.0751. The second kappa shape index (κ2) is 7.17. The Labute approximate surface area is 167 Å². The van der Waals surface area contributed by atoms with Crippen LogP contribution in [0.1, 0.15) is 73.3 Å². The van der Waals surface area contributed by atoms with E-state index < -0.39 is 23.6 Å². The van der Waals surface area contributed by atoms with Crippen LogP contribution in [0.2, 0.25) is 0 Å². The molecule has 0 aliphatic heterocycles. The van der Waals surface area contributed by atoms with Crippen molar-refractivity contribution in [1.29, 1.82) is 0 Å². The van der Waals surface area contributed by atoms with Crippen LogP contribution in [0.3, 0.4) is 0 Å². The number of benzene rings is 1. The van der Waals surface area contributed by atoms with Crippen molar-refractivity contribution in [2.45, 2.75) is 56.5 Å². The summed E-state index contributed by atoms with van der Waals surface area (Å²) in [6.07, 6.45) is 7.89. The lowest BCUT2D eigenvalue weighted by Crippen LogP contribution is -2.23. The number of aromatic nitrogens is 2. The van der Waals surface area contributed by atoms with Crippen LogP contribution in [-0.4, -0.2) is 14.5 Å². The zero-order valence-electron chi connectivity index (χ0n) is 16.0. The maximum Gasteiger partial charge on any atom is 0.194 e. The summed E-state index contributed by atoms with van der Waals surface area (Å²) in [5.41, 5.74) is 3.31. The second-order valence-electron chi connectivity index (χ2n) is 8.46. The van der Waals surface area contributed by atoms with Crippen LogP contribution in [0.25, 0.3) is 5.52 Å². The molecule has 0 saturated heterocycles. The van der Waals surface area contributed by atoms with Crippen LogP contribution in [0.5, 0.6) is 0 Å². The highest BCUT2D eigenvalue weighted by Crippen LogP contribution is 2.47. The summed E-state index contributed by atoms with van der Waals surface area (Å²) in [5, 5.41) is 11.3. The lowest BCUT2D eigenvalue weighted by atomic mass is 9.75. The first-order chi connectivity index (χ1) is 14.0. The van der Waals surface area contributed by atoms with Gasteiger partial charge in [0.2, 0.25) is 0 Å². The standard InChI is InChI=1S/C23H23F3N2O/c24-19-10-9-17(20(25)21(19)26)13-3-5-15(6-4-13)23(29)22-18(14-1-2-14)8-7-16-11-27-12-28(16)22/h7-15,23,29H,1-6H2/t13?,15?,23-/m0/s1. The monoisotopic (exact) mass is 400 g/mol. The topological polar surface area (TPSA) is 37.5 Å². The van der Waals surface area contributed by atoms with Gasteiger partial charge in [0.05, 0.1) is 29.8 Å². The molecule has 0 unspecified atom stereocenters. The minimum atomic E-state index is -1.40. The first-order valence-corrected chi connectivity index (χ1v) is 10.3. The molecule has 1 N–H and O–H groups in total. The summed E-state index contributed by atoms with van der Waals surface area (Å²) in [4.78, 5) is 4.23. The fourth-order valence-electron chi connectivity index (χ4n) is 4.91. The molecule has 2 aliphatic rings. The van der Waals surface area contributed by atoms with Crippen LogP contribution in [-0.2, 0) is 0 Å². The van der Waals surface area contributed by atoms with E-state index in [0.717, 1.165) is 30.1 Å². The summed E-state index contributed by atoms with van der Waals surface area (Å²) in [7, 11) is 0. The van der Waals surface area contributed by atoms with Gasteiger partial charge in [0, 0.05) is 0 Å². The largest absolute Gasteiger partial charge is 0.387 e. The smallest absolute Gasteiger partial charge is 0.194 e. The Balaban J connectivity index is 1.38. The van der Waals surface area contributed by atoms with Crippen molar-refractivity contribution in [3.05, 3.63) is 71.1 Å². The number of rotatable bonds is 4. The Kier molecular flexibility index (Phi) is 4.62. The van der Waals surface area contributed by atoms with Crippen molar-refractivity contribution in [3.63, 3.8) is 0 Å². The van der Waals surface area contributed by atoms with E-state index in [1.165, 1.54) is 11.6 Å². The Hall–Kier alpha value is -2.34. The Morgan fingerprint density at radius 2 is 1.52 bits per heavy atom. The maximum atomic E-state index is 14.2. The summed E-state index contributed by atoms with van der Waals surface area (Å²) >= 11 is 0. The normalized spacial score (nSPS) is 23.4. The predicted octanol–water partition coefficient (Wildman–Crippen LogP) is 5.64. The molecule has 2 aliphatic carbocycles. The number of pyridine rings is 1. The highest BCUT2D eigenvalue weighted by molar-refractivity contribution is 5.50. The van der Waals surface area contributed by atoms with Gasteiger partial charge in [-0.05, 0) is 79.5 Å². The molecule has 2 saturated carbocycles. The van der Waals surface area contributed by atoms with Gasteiger partial charge in [0.1, 0.15) is 0 Å². The average molecular weight is 400 g/mol. The molecule has 29 heavy (non-hydrogen) atoms. The molecule has 0 spiro atoms. The summed E-state index contributed by atoms with van der Waals surface area (Å²) in [6.45, 7) is 0. The minimum Gasteiger partial charge on any atom is -0.387 e. The molecule has 0 bridgehead atoms. The highest BCUT2D eigenvalue weighted by atomic mass is 19.2. The van der Waals surface area contributed by atoms with E-state index in [1.54, 1.807) is 12.5 Å². The fourth-order valence-corrected chi connectivity index (χ4v) is 4.91. The van der Waals surface area contributed by atoms with E-state index in [9.17, 15) is 18.3 Å². The van der Waals surface area contributed by atoms with Crippen LogP contribution >= 0.6 is 0 Å². The molecule has 1 aromatic carbocycles. The fraction of sp³-hybridized carbons (Fsp3) is 0.435. The predicted molar refractivity (Wildman–Crippen MR) is 103 cm³/mol. The molecule has 2 aromatic heterocycles. The van der Waals surface area contributed by atoms with Gasteiger partial charge in [-0.1, -0.05) is 12.1 Å². The Morgan fingerprint density at radius 3 is 2.24 bits per heavy atom. The number of hydrogen-bond acceptors (Lipinski definition) is 2. The summed E-state index contributed by atoms with van der Waals surface area (Å²) in [6, 6.07) is 6.50. The number of halogens is 3. The molecule has 3 aromatic rings. The molecule has 6 heteroatoms. The molecule has 3 nitrogen and oxygen atoms in total. The molecular formula is C23H23F3N2O. The maximum absolute atomic E-state index is 14.2. The van der Waals surface area contributed by atoms with E-state index in [0.29, 0.717) is 31.6 Å². The van der Waals surface area contributed by atoms with Gasteiger partial charge in [-0.3, -0.25) is 0 Å². The van der Waals surface area contributed by atoms with E-state index in [1.807, 2.05) is 10.5 Å². The summed E-state index contributed by atoms with van der Waals surface area (Å²) in [5.74, 6) is -3.24. The molecule has 0 radical (unpaired) electrons. The van der Waals surface area contributed by atoms with Gasteiger partial charge in [-0.15, -0.1) is 0 Å². The van der Waals surface area contributed by atoms with Crippen molar-refractivity contribution in [2.24, 2.45) is 5.92 Å². The van der Waals surface area contributed by atoms with Crippen molar-refractivity contribution < 1.29 is 18.3 Å². The van der Waals surface area contributed by atoms with E-state index >= 15 is 0 Å². The quantitative estimate of drug-likeness (QED) is 0.576. The zero-order chi connectivity index (χ0) is 20.1. The van der Waals surface area contributed by atoms with Gasteiger partial charge in [0.25, 0.3) is 0 Å². The lowest BCUT2D eigenvalue weighted by Gasteiger charge is -2.33. The number of aliphatic hydroxyl groups is 1. The third-order valence-corrected chi connectivity index (χ3v) is 6.68. The third-order valence-electron chi connectivity index (χ3n) is 6.68. The average Bonchev–Trinajstić information content (AvgIpc) is 3.47. The van der Waals surface area contributed by atoms with Crippen LogP contribution in [0.15, 0.2) is 36.8 Å². The SMILES string of the molecule is O[C@H](c1c(C2CC2)ccc2cncn12)C1CCC(c2ccc(F)c(F)c2F)CC1. The van der Waals surface area contributed by atoms with Crippen LogP contribution < -0.4 is 0 Å². The van der Waals surface area contributed by atoms with Gasteiger partial charge in [-0.25, -0.2) is 18.2 Å². The summed E-state index contributed by atoms with van der Waals surface area (Å²) < 4.78 is 43.0. The second-order valence-corrected chi connectivity index (χ2v) is 8.46. The number of nitrogens with zero attached hydrogens (tertiary/aromatic N) is 2. The molecule has 2 heterocycles. The van der Waals surface area contributed by atoms with Gasteiger partial charge in [-0.2, -0.15) is 0 Å². The van der Waals surface area contributed by atoms with Crippen LogP contribution in [0.4, 0.5) is 13.2 Å². The first-order valence-electron chi connectivity index (χ1n) is 10.3. The van der Waals surface area contributed by atoms with Crippen LogP contribution in [0, 0.1) is 23.4 Å². The van der Waals surface area contributed by atoms with Gasteiger partial charge >= 0.3 is 0 Å². The Bertz CT molecular complexity index is 1050. The number of imidazole rings is 1. The first kappa shape index (κ1) is 18.7. The molecule has 1 atom stereocenters. The third kappa shape index (κ3) is 3.23. The van der Waals surface area contributed by atoms with Crippen molar-refractivity contribution in [1.82, 2.24) is 9.38 Å². The van der Waals surface area contributed by atoms with E-state index in [4.69, 9.17) is 0 Å². The van der Waals surface area contributed by atoms with E-state index in [-0.39, 0.29) is 17.4 Å². The van der Waals surface area contributed by atoms with Crippen molar-refractivity contribution in [3.8, 4) is 0 Å². The van der Waals surface area contributed by atoms with Gasteiger partial charge < -0.3 is 9.51 Å². The minimum absolute atomic E-state index is 0.0464. The molecular weight excluding hydrogens is 377 g/mol. The molecule has 5 rings (SSSR count).